The highest BCUT2D eigenvalue weighted by molar-refractivity contribution is 8.03. The molecule has 1 amide bonds. The van der Waals surface area contributed by atoms with Crippen LogP contribution in [0.1, 0.15) is 19.3 Å². The molecule has 0 aromatic heterocycles. The molecule has 3 saturated heterocycles. The first-order valence-corrected chi connectivity index (χ1v) is 10.7. The lowest BCUT2D eigenvalue weighted by Crippen LogP contribution is -2.51. The van der Waals surface area contributed by atoms with E-state index in [1.165, 1.54) is 23.0 Å². The number of piperidine rings is 1. The van der Waals surface area contributed by atoms with Crippen LogP contribution < -0.4 is 0 Å². The summed E-state index contributed by atoms with van der Waals surface area (Å²) in [5.41, 5.74) is -0.0897. The van der Waals surface area contributed by atoms with Crippen LogP contribution in [0.15, 0.2) is 0 Å². The maximum atomic E-state index is 13.0. The van der Waals surface area contributed by atoms with E-state index in [-0.39, 0.29) is 5.41 Å². The van der Waals surface area contributed by atoms with Gasteiger partial charge in [-0.15, -0.1) is 0 Å². The van der Waals surface area contributed by atoms with Crippen molar-refractivity contribution in [2.75, 3.05) is 62.9 Å². The predicted molar refractivity (Wildman–Crippen MR) is 94.8 cm³/mol. The summed E-state index contributed by atoms with van der Waals surface area (Å²) in [6.07, 6.45) is 3.29. The lowest BCUT2D eigenvalue weighted by molar-refractivity contribution is -0.146. The monoisotopic (exact) mass is 344 g/mol. The minimum absolute atomic E-state index is 0.0897. The van der Waals surface area contributed by atoms with Crippen LogP contribution in [0.5, 0.6) is 0 Å². The number of thioether (sulfide) groups is 2. The van der Waals surface area contributed by atoms with Crippen LogP contribution in [0.2, 0.25) is 0 Å². The third kappa shape index (κ3) is 3.60. The van der Waals surface area contributed by atoms with Gasteiger partial charge in [-0.1, -0.05) is 0 Å². The number of carbonyl (C=O) groups is 1. The SMILES string of the molecule is COCCN1CCCC2(CCN(C3CSCCSC3)C2)C1=O. The summed E-state index contributed by atoms with van der Waals surface area (Å²) in [5, 5.41) is 0. The van der Waals surface area contributed by atoms with Gasteiger partial charge in [-0.05, 0) is 25.8 Å². The van der Waals surface area contributed by atoms with Crippen molar-refractivity contribution in [1.82, 2.24) is 9.80 Å². The Hall–Kier alpha value is 0.0900. The van der Waals surface area contributed by atoms with Crippen molar-refractivity contribution in [2.45, 2.75) is 25.3 Å². The molecule has 4 nitrogen and oxygen atoms in total. The van der Waals surface area contributed by atoms with E-state index >= 15 is 0 Å². The van der Waals surface area contributed by atoms with Gasteiger partial charge in [0.2, 0.25) is 5.91 Å². The molecule has 126 valence electrons. The summed E-state index contributed by atoms with van der Waals surface area (Å²) in [7, 11) is 1.71. The second-order valence-corrected chi connectivity index (χ2v) is 8.99. The van der Waals surface area contributed by atoms with Gasteiger partial charge in [-0.2, -0.15) is 23.5 Å². The van der Waals surface area contributed by atoms with Crippen molar-refractivity contribution >= 4 is 29.4 Å². The molecule has 3 fully saturated rings. The topological polar surface area (TPSA) is 32.8 Å². The summed E-state index contributed by atoms with van der Waals surface area (Å²) in [5.74, 6) is 5.44. The quantitative estimate of drug-likeness (QED) is 0.776. The fourth-order valence-electron chi connectivity index (χ4n) is 3.98. The van der Waals surface area contributed by atoms with Gasteiger partial charge in [0.25, 0.3) is 0 Å². The van der Waals surface area contributed by atoms with Crippen molar-refractivity contribution in [1.29, 1.82) is 0 Å². The maximum Gasteiger partial charge on any atom is 0.230 e. The highest BCUT2D eigenvalue weighted by Crippen LogP contribution is 2.41. The van der Waals surface area contributed by atoms with E-state index in [9.17, 15) is 4.79 Å². The summed E-state index contributed by atoms with van der Waals surface area (Å²) < 4.78 is 5.16. The molecule has 22 heavy (non-hydrogen) atoms. The van der Waals surface area contributed by atoms with E-state index in [2.05, 4.69) is 28.4 Å². The van der Waals surface area contributed by atoms with Gasteiger partial charge in [0.1, 0.15) is 0 Å². The summed E-state index contributed by atoms with van der Waals surface area (Å²) >= 11 is 4.17. The first-order valence-electron chi connectivity index (χ1n) is 8.43. The highest BCUT2D eigenvalue weighted by Gasteiger charge is 2.49. The van der Waals surface area contributed by atoms with E-state index in [1.807, 2.05) is 4.90 Å². The summed E-state index contributed by atoms with van der Waals surface area (Å²) in [6.45, 7) is 4.42. The number of likely N-dealkylation sites (tertiary alicyclic amines) is 2. The van der Waals surface area contributed by atoms with Crippen LogP contribution in [0.25, 0.3) is 0 Å². The molecule has 3 rings (SSSR count). The third-order valence-corrected chi connectivity index (χ3v) is 7.77. The van der Waals surface area contributed by atoms with Crippen molar-refractivity contribution in [3.05, 3.63) is 0 Å². The fraction of sp³-hybridized carbons (Fsp3) is 0.938. The molecule has 1 spiro atoms. The van der Waals surface area contributed by atoms with E-state index in [0.29, 0.717) is 18.6 Å². The van der Waals surface area contributed by atoms with E-state index in [4.69, 9.17) is 4.74 Å². The van der Waals surface area contributed by atoms with E-state index < -0.39 is 0 Å². The molecule has 0 bridgehead atoms. The molecule has 0 N–H and O–H groups in total. The van der Waals surface area contributed by atoms with Gasteiger partial charge >= 0.3 is 0 Å². The Morgan fingerprint density at radius 2 is 2.00 bits per heavy atom. The van der Waals surface area contributed by atoms with Gasteiger partial charge in [-0.25, -0.2) is 0 Å². The number of carbonyl (C=O) groups excluding carboxylic acids is 1. The molecular weight excluding hydrogens is 316 g/mol. The van der Waals surface area contributed by atoms with Crippen LogP contribution in [0.4, 0.5) is 0 Å². The fourth-order valence-corrected chi connectivity index (χ4v) is 6.60. The lowest BCUT2D eigenvalue weighted by atomic mass is 9.78. The average Bonchev–Trinajstić information content (AvgIpc) is 2.77. The number of hydrogen-bond acceptors (Lipinski definition) is 5. The predicted octanol–water partition coefficient (Wildman–Crippen LogP) is 1.80. The molecule has 6 heteroatoms. The second kappa shape index (κ2) is 7.77. The zero-order valence-electron chi connectivity index (χ0n) is 13.6. The molecule has 0 aromatic rings. The van der Waals surface area contributed by atoms with E-state index in [0.717, 1.165) is 45.4 Å². The molecule has 0 saturated carbocycles. The molecule has 0 radical (unpaired) electrons. The van der Waals surface area contributed by atoms with Crippen molar-refractivity contribution in [3.8, 4) is 0 Å². The minimum Gasteiger partial charge on any atom is -0.383 e. The third-order valence-electron chi connectivity index (χ3n) is 5.28. The van der Waals surface area contributed by atoms with Gasteiger partial charge in [-0.3, -0.25) is 9.69 Å². The largest absolute Gasteiger partial charge is 0.383 e. The first kappa shape index (κ1) is 16.9. The van der Waals surface area contributed by atoms with Crippen molar-refractivity contribution in [3.63, 3.8) is 0 Å². The van der Waals surface area contributed by atoms with Gasteiger partial charge < -0.3 is 9.64 Å². The highest BCUT2D eigenvalue weighted by atomic mass is 32.2. The Morgan fingerprint density at radius 1 is 1.23 bits per heavy atom. The number of hydrogen-bond donors (Lipinski definition) is 0. The molecular formula is C16H28N2O2S2. The zero-order chi connectivity index (χ0) is 15.4. The Morgan fingerprint density at radius 3 is 2.73 bits per heavy atom. The van der Waals surface area contributed by atoms with Crippen molar-refractivity contribution < 1.29 is 9.53 Å². The Kier molecular flexibility index (Phi) is 5.98. The molecule has 0 aromatic carbocycles. The molecule has 3 heterocycles. The number of nitrogens with zero attached hydrogens (tertiary/aromatic N) is 2. The average molecular weight is 345 g/mol. The number of ether oxygens (including phenoxy) is 1. The van der Waals surface area contributed by atoms with Crippen molar-refractivity contribution in [2.24, 2.45) is 5.41 Å². The molecule has 3 aliphatic rings. The van der Waals surface area contributed by atoms with Crippen LogP contribution in [0, 0.1) is 5.41 Å². The summed E-state index contributed by atoms with van der Waals surface area (Å²) in [4.78, 5) is 17.6. The Labute approximate surface area is 142 Å². The van der Waals surface area contributed by atoms with Crippen LogP contribution in [0.3, 0.4) is 0 Å². The summed E-state index contributed by atoms with van der Waals surface area (Å²) in [6, 6.07) is 0.666. The molecule has 3 aliphatic heterocycles. The minimum atomic E-state index is -0.0897. The standard InChI is InChI=1S/C16H28N2O2S2/c1-20-8-7-17-5-2-3-16(15(17)19)4-6-18(13-16)14-11-21-9-10-22-12-14/h14H,2-13H2,1H3. The second-order valence-electron chi connectivity index (χ2n) is 6.69. The Balaban J connectivity index is 1.62. The van der Waals surface area contributed by atoms with E-state index in [1.54, 1.807) is 7.11 Å². The number of methoxy groups -OCH3 is 1. The molecule has 1 unspecified atom stereocenters. The molecule has 0 aliphatic carbocycles. The van der Waals surface area contributed by atoms with Gasteiger partial charge in [0.05, 0.1) is 12.0 Å². The Bertz CT molecular complexity index is 388. The number of amides is 1. The lowest BCUT2D eigenvalue weighted by Gasteiger charge is -2.40. The van der Waals surface area contributed by atoms with Gasteiger partial charge in [0, 0.05) is 55.8 Å². The van der Waals surface area contributed by atoms with Gasteiger partial charge in [0.15, 0.2) is 0 Å². The first-order chi connectivity index (χ1) is 10.7. The molecule has 1 atom stereocenters. The maximum absolute atomic E-state index is 13.0. The van der Waals surface area contributed by atoms with Crippen LogP contribution in [-0.2, 0) is 9.53 Å². The normalized spacial score (nSPS) is 31.9. The number of rotatable bonds is 4. The zero-order valence-corrected chi connectivity index (χ0v) is 15.2. The van der Waals surface area contributed by atoms with Crippen LogP contribution >= 0.6 is 23.5 Å². The smallest absolute Gasteiger partial charge is 0.230 e. The van der Waals surface area contributed by atoms with Crippen LogP contribution in [-0.4, -0.2) is 84.7 Å².